The van der Waals surface area contributed by atoms with Crippen LogP contribution in [0.2, 0.25) is 0 Å². The molecule has 0 aromatic rings. The van der Waals surface area contributed by atoms with E-state index in [0.29, 0.717) is 12.5 Å². The molecular weight excluding hydrogens is 252 g/mol. The van der Waals surface area contributed by atoms with Crippen molar-refractivity contribution in [3.8, 4) is 0 Å². The Hall–Kier alpha value is -0.610. The molecule has 0 heterocycles. The van der Waals surface area contributed by atoms with Gasteiger partial charge in [-0.05, 0) is 50.9 Å². The number of nitrogens with two attached hydrogens (primary N) is 1. The molecule has 0 saturated heterocycles. The van der Waals surface area contributed by atoms with Crippen LogP contribution in [0.15, 0.2) is 0 Å². The van der Waals surface area contributed by atoms with E-state index in [9.17, 15) is 4.79 Å². The van der Waals surface area contributed by atoms with Crippen molar-refractivity contribution in [1.82, 2.24) is 5.32 Å². The second-order valence-corrected chi connectivity index (χ2v) is 6.80. The lowest BCUT2D eigenvalue weighted by Crippen LogP contribution is -2.49. The normalized spacial score (nSPS) is 28.4. The van der Waals surface area contributed by atoms with Crippen molar-refractivity contribution in [2.75, 3.05) is 13.1 Å². The van der Waals surface area contributed by atoms with E-state index in [1.807, 2.05) is 6.92 Å². The van der Waals surface area contributed by atoms with Gasteiger partial charge in [-0.15, -0.1) is 0 Å². The number of nitrogens with one attached hydrogen (secondary N) is 1. The quantitative estimate of drug-likeness (QED) is 0.755. The maximum Gasteiger partial charge on any atom is 0.248 e. The van der Waals surface area contributed by atoms with Crippen molar-refractivity contribution in [2.45, 2.75) is 71.5 Å². The van der Waals surface area contributed by atoms with Crippen LogP contribution in [0.1, 0.15) is 59.8 Å². The maximum absolute atomic E-state index is 12.0. The number of carbonyl (C=O) groups excluding carboxylic acids is 1. The van der Waals surface area contributed by atoms with Gasteiger partial charge in [-0.1, -0.05) is 20.8 Å². The van der Waals surface area contributed by atoms with Gasteiger partial charge in [-0.3, -0.25) is 4.79 Å². The van der Waals surface area contributed by atoms with Gasteiger partial charge in [-0.25, -0.2) is 0 Å². The molecule has 118 valence electrons. The molecule has 1 aliphatic carbocycles. The Labute approximate surface area is 123 Å². The number of carbonyl (C=O) groups is 1. The van der Waals surface area contributed by atoms with Gasteiger partial charge >= 0.3 is 0 Å². The fraction of sp³-hybridized carbons (Fsp3) is 0.938. The molecule has 3 N–H and O–H groups in total. The Morgan fingerprint density at radius 3 is 2.45 bits per heavy atom. The molecule has 4 nitrogen and oxygen atoms in total. The number of amides is 1. The first-order chi connectivity index (χ1) is 9.38. The van der Waals surface area contributed by atoms with E-state index < -0.39 is 6.10 Å². The number of hydrogen-bond donors (Lipinski definition) is 2. The topological polar surface area (TPSA) is 64.3 Å². The van der Waals surface area contributed by atoms with Crippen LogP contribution in [0.3, 0.4) is 0 Å². The Kier molecular flexibility index (Phi) is 6.96. The third-order valence-corrected chi connectivity index (χ3v) is 4.37. The van der Waals surface area contributed by atoms with Gasteiger partial charge in [0.05, 0.1) is 5.60 Å². The highest BCUT2D eigenvalue weighted by Crippen LogP contribution is 2.34. The van der Waals surface area contributed by atoms with Crippen LogP contribution in [-0.2, 0) is 9.53 Å². The van der Waals surface area contributed by atoms with E-state index in [0.717, 1.165) is 44.6 Å². The minimum absolute atomic E-state index is 0.0166. The summed E-state index contributed by atoms with van der Waals surface area (Å²) in [5.74, 6) is 1.33. The fourth-order valence-electron chi connectivity index (χ4n) is 2.71. The summed E-state index contributed by atoms with van der Waals surface area (Å²) in [4.78, 5) is 12.0. The van der Waals surface area contributed by atoms with Crippen LogP contribution in [0.5, 0.6) is 0 Å². The zero-order valence-corrected chi connectivity index (χ0v) is 13.6. The molecule has 1 atom stereocenters. The third-order valence-electron chi connectivity index (χ3n) is 4.37. The minimum atomic E-state index is -0.417. The van der Waals surface area contributed by atoms with Crippen LogP contribution in [0, 0.1) is 11.8 Å². The van der Waals surface area contributed by atoms with Gasteiger partial charge in [0.25, 0.3) is 0 Å². The van der Waals surface area contributed by atoms with E-state index in [4.69, 9.17) is 10.5 Å². The standard InChI is InChI=1S/C16H32N2O2/c1-12(2)7-10-18-15(19)14(4)20-16(11-17)8-5-13(3)6-9-16/h12-14H,5-11,17H2,1-4H3,(H,18,19). The third kappa shape index (κ3) is 5.41. The summed E-state index contributed by atoms with van der Waals surface area (Å²) in [6.07, 6.45) is 4.79. The van der Waals surface area contributed by atoms with E-state index >= 15 is 0 Å². The average molecular weight is 284 g/mol. The monoisotopic (exact) mass is 284 g/mol. The summed E-state index contributed by atoms with van der Waals surface area (Å²) in [6, 6.07) is 0. The SMILES string of the molecule is CC(C)CCNC(=O)C(C)OC1(CN)CCC(C)CC1. The lowest BCUT2D eigenvalue weighted by Gasteiger charge is -2.40. The van der Waals surface area contributed by atoms with Gasteiger partial charge in [0.15, 0.2) is 0 Å². The molecule has 1 amide bonds. The van der Waals surface area contributed by atoms with Crippen LogP contribution < -0.4 is 11.1 Å². The number of hydrogen-bond acceptors (Lipinski definition) is 3. The molecule has 1 fully saturated rings. The summed E-state index contributed by atoms with van der Waals surface area (Å²) < 4.78 is 6.06. The lowest BCUT2D eigenvalue weighted by molar-refractivity contribution is -0.150. The van der Waals surface area contributed by atoms with Crippen molar-refractivity contribution in [3.05, 3.63) is 0 Å². The molecule has 0 bridgehead atoms. The van der Waals surface area contributed by atoms with Crippen molar-refractivity contribution in [3.63, 3.8) is 0 Å². The van der Waals surface area contributed by atoms with Crippen LogP contribution >= 0.6 is 0 Å². The summed E-state index contributed by atoms with van der Waals surface area (Å²) in [7, 11) is 0. The summed E-state index contributed by atoms with van der Waals surface area (Å²) in [5.41, 5.74) is 5.62. The van der Waals surface area contributed by atoms with E-state index in [-0.39, 0.29) is 11.5 Å². The first-order valence-electron chi connectivity index (χ1n) is 8.04. The predicted molar refractivity (Wildman–Crippen MR) is 82.4 cm³/mol. The van der Waals surface area contributed by atoms with Crippen molar-refractivity contribution in [1.29, 1.82) is 0 Å². The first-order valence-corrected chi connectivity index (χ1v) is 8.04. The van der Waals surface area contributed by atoms with E-state index in [2.05, 4.69) is 26.1 Å². The average Bonchev–Trinajstić information content (AvgIpc) is 2.41. The van der Waals surface area contributed by atoms with Crippen LogP contribution in [0.25, 0.3) is 0 Å². The molecule has 0 aromatic carbocycles. The predicted octanol–water partition coefficient (Wildman–Crippen LogP) is 2.46. The molecule has 1 aliphatic rings. The summed E-state index contributed by atoms with van der Waals surface area (Å²) in [6.45, 7) is 9.63. The number of rotatable bonds is 7. The Morgan fingerprint density at radius 2 is 1.95 bits per heavy atom. The Morgan fingerprint density at radius 1 is 1.35 bits per heavy atom. The minimum Gasteiger partial charge on any atom is -0.361 e. The van der Waals surface area contributed by atoms with Crippen molar-refractivity contribution in [2.24, 2.45) is 17.6 Å². The molecule has 1 rings (SSSR count). The lowest BCUT2D eigenvalue weighted by atomic mass is 9.79. The molecule has 4 heteroatoms. The zero-order valence-electron chi connectivity index (χ0n) is 13.6. The molecular formula is C16H32N2O2. The molecule has 0 aliphatic heterocycles. The van der Waals surface area contributed by atoms with Crippen molar-refractivity contribution >= 4 is 5.91 Å². The van der Waals surface area contributed by atoms with Crippen LogP contribution in [-0.4, -0.2) is 30.7 Å². The highest BCUT2D eigenvalue weighted by Gasteiger charge is 2.36. The van der Waals surface area contributed by atoms with Gasteiger partial charge in [0.2, 0.25) is 5.91 Å². The first kappa shape index (κ1) is 17.4. The van der Waals surface area contributed by atoms with Gasteiger partial charge < -0.3 is 15.8 Å². The van der Waals surface area contributed by atoms with Crippen LogP contribution in [0.4, 0.5) is 0 Å². The zero-order chi connectivity index (χ0) is 15.2. The Balaban J connectivity index is 2.42. The van der Waals surface area contributed by atoms with E-state index in [1.165, 1.54) is 0 Å². The molecule has 0 spiro atoms. The molecule has 1 unspecified atom stereocenters. The summed E-state index contributed by atoms with van der Waals surface area (Å²) in [5, 5.41) is 2.95. The highest BCUT2D eigenvalue weighted by atomic mass is 16.5. The van der Waals surface area contributed by atoms with Gasteiger partial charge in [0.1, 0.15) is 6.10 Å². The molecule has 20 heavy (non-hydrogen) atoms. The van der Waals surface area contributed by atoms with Gasteiger partial charge in [-0.2, -0.15) is 0 Å². The summed E-state index contributed by atoms with van der Waals surface area (Å²) >= 11 is 0. The smallest absolute Gasteiger partial charge is 0.248 e. The largest absolute Gasteiger partial charge is 0.361 e. The molecule has 0 aromatic heterocycles. The second kappa shape index (κ2) is 7.99. The molecule has 0 radical (unpaired) electrons. The van der Waals surface area contributed by atoms with Crippen molar-refractivity contribution < 1.29 is 9.53 Å². The fourth-order valence-corrected chi connectivity index (χ4v) is 2.71. The Bertz CT molecular complexity index is 297. The van der Waals surface area contributed by atoms with Gasteiger partial charge in [0, 0.05) is 13.1 Å². The maximum atomic E-state index is 12.0. The number of ether oxygens (including phenoxy) is 1. The van der Waals surface area contributed by atoms with E-state index in [1.54, 1.807) is 0 Å². The second-order valence-electron chi connectivity index (χ2n) is 6.80. The molecule has 1 saturated carbocycles. The highest BCUT2D eigenvalue weighted by molar-refractivity contribution is 5.80.